The van der Waals surface area contributed by atoms with Crippen LogP contribution >= 0.6 is 15.9 Å². The van der Waals surface area contributed by atoms with Crippen LogP contribution in [-0.4, -0.2) is 10.3 Å². The van der Waals surface area contributed by atoms with Crippen molar-refractivity contribution in [2.24, 2.45) is 0 Å². The largest absolute Gasteiger partial charge is 0.253 e. The number of hydrogen-bond donors (Lipinski definition) is 0. The number of alkyl halides is 1. The summed E-state index contributed by atoms with van der Waals surface area (Å²) < 4.78 is 0. The molecule has 0 fully saturated rings. The molecule has 0 amide bonds. The molecular formula is C15H18BrN. The van der Waals surface area contributed by atoms with Gasteiger partial charge in [0.2, 0.25) is 0 Å². The molecule has 1 aromatic heterocycles. The Balaban J connectivity index is 1.90. The van der Waals surface area contributed by atoms with Gasteiger partial charge in [-0.1, -0.05) is 53.0 Å². The third kappa shape index (κ3) is 3.81. The van der Waals surface area contributed by atoms with Crippen molar-refractivity contribution in [1.29, 1.82) is 0 Å². The molecule has 1 heterocycles. The fourth-order valence-corrected chi connectivity index (χ4v) is 2.40. The van der Waals surface area contributed by atoms with E-state index in [0.29, 0.717) is 0 Å². The molecule has 1 nitrogen and oxygen atoms in total. The second-order valence-electron chi connectivity index (χ2n) is 4.35. The number of rotatable bonds is 6. The van der Waals surface area contributed by atoms with E-state index in [0.717, 1.165) is 17.3 Å². The fourth-order valence-electron chi connectivity index (χ4n) is 2.00. The molecule has 0 atom stereocenters. The number of pyridine rings is 1. The van der Waals surface area contributed by atoms with Crippen LogP contribution in [-0.2, 0) is 6.42 Å². The Kier molecular flexibility index (Phi) is 4.99. The van der Waals surface area contributed by atoms with Crippen molar-refractivity contribution < 1.29 is 0 Å². The van der Waals surface area contributed by atoms with Gasteiger partial charge in [0, 0.05) is 16.4 Å². The van der Waals surface area contributed by atoms with Crippen molar-refractivity contribution in [2.75, 3.05) is 5.33 Å². The summed E-state index contributed by atoms with van der Waals surface area (Å²) in [5.74, 6) is 0. The lowest BCUT2D eigenvalue weighted by atomic mass is 10.1. The van der Waals surface area contributed by atoms with Gasteiger partial charge in [0.15, 0.2) is 0 Å². The van der Waals surface area contributed by atoms with Crippen LogP contribution < -0.4 is 0 Å². The Bertz CT molecular complexity index is 467. The number of aryl methyl sites for hydroxylation is 1. The van der Waals surface area contributed by atoms with Crippen LogP contribution in [0.15, 0.2) is 36.4 Å². The third-order valence-corrected chi connectivity index (χ3v) is 3.53. The Morgan fingerprint density at radius 3 is 2.59 bits per heavy atom. The van der Waals surface area contributed by atoms with Gasteiger partial charge in [-0.3, -0.25) is 4.98 Å². The van der Waals surface area contributed by atoms with E-state index in [2.05, 4.69) is 57.3 Å². The summed E-state index contributed by atoms with van der Waals surface area (Å²) in [6, 6.07) is 12.6. The first-order valence-electron chi connectivity index (χ1n) is 6.31. The van der Waals surface area contributed by atoms with E-state index in [1.54, 1.807) is 0 Å². The van der Waals surface area contributed by atoms with Crippen LogP contribution in [0.5, 0.6) is 0 Å². The Morgan fingerprint density at radius 2 is 1.71 bits per heavy atom. The van der Waals surface area contributed by atoms with Crippen LogP contribution in [0.1, 0.15) is 31.4 Å². The van der Waals surface area contributed by atoms with E-state index in [-0.39, 0.29) is 0 Å². The number of benzene rings is 1. The van der Waals surface area contributed by atoms with Gasteiger partial charge in [-0.2, -0.15) is 0 Å². The van der Waals surface area contributed by atoms with E-state index >= 15 is 0 Å². The van der Waals surface area contributed by atoms with Gasteiger partial charge in [0.1, 0.15) is 0 Å². The number of fused-ring (bicyclic) bond motifs is 1. The highest BCUT2D eigenvalue weighted by atomic mass is 79.9. The van der Waals surface area contributed by atoms with E-state index < -0.39 is 0 Å². The fraction of sp³-hybridized carbons (Fsp3) is 0.400. The zero-order valence-corrected chi connectivity index (χ0v) is 11.6. The number of hydrogen-bond acceptors (Lipinski definition) is 1. The van der Waals surface area contributed by atoms with Crippen molar-refractivity contribution in [1.82, 2.24) is 4.98 Å². The van der Waals surface area contributed by atoms with Crippen LogP contribution in [0.4, 0.5) is 0 Å². The molecule has 2 rings (SSSR count). The summed E-state index contributed by atoms with van der Waals surface area (Å²) in [7, 11) is 0. The van der Waals surface area contributed by atoms with Crippen molar-refractivity contribution in [3.8, 4) is 0 Å². The maximum Gasteiger partial charge on any atom is 0.0705 e. The van der Waals surface area contributed by atoms with E-state index in [1.165, 1.54) is 36.8 Å². The van der Waals surface area contributed by atoms with Gasteiger partial charge in [-0.25, -0.2) is 0 Å². The minimum absolute atomic E-state index is 1.10. The summed E-state index contributed by atoms with van der Waals surface area (Å²) in [4.78, 5) is 4.68. The highest BCUT2D eigenvalue weighted by molar-refractivity contribution is 9.09. The number of unbranched alkanes of at least 4 members (excludes halogenated alkanes) is 3. The van der Waals surface area contributed by atoms with Gasteiger partial charge in [-0.15, -0.1) is 0 Å². The van der Waals surface area contributed by atoms with Crippen molar-refractivity contribution in [3.05, 3.63) is 42.1 Å². The molecule has 90 valence electrons. The maximum atomic E-state index is 4.68. The second-order valence-corrected chi connectivity index (χ2v) is 5.14. The molecule has 0 aliphatic heterocycles. The van der Waals surface area contributed by atoms with E-state index in [4.69, 9.17) is 0 Å². The average molecular weight is 292 g/mol. The summed E-state index contributed by atoms with van der Waals surface area (Å²) >= 11 is 3.46. The molecule has 0 saturated heterocycles. The number of halogens is 1. The predicted octanol–water partition coefficient (Wildman–Crippen LogP) is 4.73. The van der Waals surface area contributed by atoms with Gasteiger partial charge < -0.3 is 0 Å². The molecule has 0 radical (unpaired) electrons. The summed E-state index contributed by atoms with van der Waals surface area (Å²) in [5, 5.41) is 2.36. The molecule has 17 heavy (non-hydrogen) atoms. The minimum Gasteiger partial charge on any atom is -0.253 e. The molecule has 0 N–H and O–H groups in total. The van der Waals surface area contributed by atoms with E-state index in [1.807, 2.05) is 0 Å². The second kappa shape index (κ2) is 6.75. The highest BCUT2D eigenvalue weighted by Gasteiger charge is 1.98. The lowest BCUT2D eigenvalue weighted by molar-refractivity contribution is 0.666. The normalized spacial score (nSPS) is 10.9. The maximum absolute atomic E-state index is 4.68. The summed E-state index contributed by atoms with van der Waals surface area (Å²) in [6.07, 6.45) is 6.26. The Morgan fingerprint density at radius 1 is 0.882 bits per heavy atom. The monoisotopic (exact) mass is 291 g/mol. The Hall–Kier alpha value is -0.890. The topological polar surface area (TPSA) is 12.9 Å². The molecule has 0 unspecified atom stereocenters. The quantitative estimate of drug-likeness (QED) is 0.554. The van der Waals surface area contributed by atoms with Crippen LogP contribution in [0.25, 0.3) is 10.9 Å². The summed E-state index contributed by atoms with van der Waals surface area (Å²) in [5.41, 5.74) is 2.34. The first-order chi connectivity index (χ1) is 8.40. The van der Waals surface area contributed by atoms with Crippen LogP contribution in [0.2, 0.25) is 0 Å². The molecule has 0 saturated carbocycles. The molecule has 1 aromatic carbocycles. The van der Waals surface area contributed by atoms with E-state index in [9.17, 15) is 0 Å². The number of aromatic nitrogens is 1. The first-order valence-corrected chi connectivity index (χ1v) is 7.43. The minimum atomic E-state index is 1.10. The van der Waals surface area contributed by atoms with Gasteiger partial charge in [-0.05, 0) is 31.4 Å². The third-order valence-electron chi connectivity index (χ3n) is 2.97. The zero-order chi connectivity index (χ0) is 11.9. The number of para-hydroxylation sites is 1. The zero-order valence-electron chi connectivity index (χ0n) is 10.0. The molecule has 0 bridgehead atoms. The molecule has 0 spiro atoms. The van der Waals surface area contributed by atoms with Crippen molar-refractivity contribution in [3.63, 3.8) is 0 Å². The standard InChI is InChI=1S/C15H18BrN/c16-12-6-2-1-3-8-14-11-10-13-7-4-5-9-15(13)17-14/h4-5,7,9-11H,1-3,6,8,12H2. The smallest absolute Gasteiger partial charge is 0.0705 e. The highest BCUT2D eigenvalue weighted by Crippen LogP contribution is 2.13. The van der Waals surface area contributed by atoms with Gasteiger partial charge in [0.05, 0.1) is 5.52 Å². The average Bonchev–Trinajstić information content (AvgIpc) is 2.38. The SMILES string of the molecule is BrCCCCCCc1ccc2ccccc2n1. The van der Waals surface area contributed by atoms with Gasteiger partial charge >= 0.3 is 0 Å². The lowest BCUT2D eigenvalue weighted by Gasteiger charge is -2.03. The van der Waals surface area contributed by atoms with Crippen LogP contribution in [0, 0.1) is 0 Å². The molecule has 2 heteroatoms. The van der Waals surface area contributed by atoms with Crippen LogP contribution in [0.3, 0.4) is 0 Å². The molecule has 0 aliphatic carbocycles. The lowest BCUT2D eigenvalue weighted by Crippen LogP contribution is -1.91. The van der Waals surface area contributed by atoms with Gasteiger partial charge in [0.25, 0.3) is 0 Å². The Labute approximate surface area is 111 Å². The molecule has 0 aliphatic rings. The predicted molar refractivity (Wildman–Crippen MR) is 77.7 cm³/mol. The summed E-state index contributed by atoms with van der Waals surface area (Å²) in [6.45, 7) is 0. The molecule has 2 aromatic rings. The van der Waals surface area contributed by atoms with Crippen molar-refractivity contribution in [2.45, 2.75) is 32.1 Å². The molecular weight excluding hydrogens is 274 g/mol. The number of nitrogens with zero attached hydrogens (tertiary/aromatic N) is 1. The first kappa shape index (κ1) is 12.6. The van der Waals surface area contributed by atoms with Crippen molar-refractivity contribution >= 4 is 26.8 Å².